The van der Waals surface area contributed by atoms with E-state index in [-0.39, 0.29) is 23.0 Å². The summed E-state index contributed by atoms with van der Waals surface area (Å²) in [6, 6.07) is 4.66. The number of aromatic nitrogens is 3. The molecule has 0 amide bonds. The maximum atomic E-state index is 12.2. The Balaban J connectivity index is 2.24. The number of halogens is 1. The van der Waals surface area contributed by atoms with Crippen LogP contribution >= 0.6 is 11.6 Å². The van der Waals surface area contributed by atoms with Crippen molar-refractivity contribution in [3.8, 4) is 0 Å². The molecule has 0 saturated heterocycles. The van der Waals surface area contributed by atoms with E-state index in [1.165, 1.54) is 18.5 Å². The number of hydrogen-bond donors (Lipinski definition) is 2. The minimum Gasteiger partial charge on any atom is -0.326 e. The van der Waals surface area contributed by atoms with Crippen LogP contribution in [-0.4, -0.2) is 23.2 Å². The van der Waals surface area contributed by atoms with Gasteiger partial charge in [-0.1, -0.05) is 17.7 Å². The van der Waals surface area contributed by atoms with E-state index in [4.69, 9.17) is 17.3 Å². The molecule has 7 nitrogen and oxygen atoms in total. The molecule has 0 unspecified atom stereocenters. The van der Waals surface area contributed by atoms with Crippen molar-refractivity contribution in [2.75, 3.05) is 0 Å². The molecule has 0 aliphatic heterocycles. The van der Waals surface area contributed by atoms with E-state index in [9.17, 15) is 8.42 Å². The Bertz CT molecular complexity index is 713. The normalized spacial score (nSPS) is 11.8. The first kappa shape index (κ1) is 14.9. The average molecular weight is 316 g/mol. The molecular formula is C11H14ClN5O2S. The standard InChI is InChI=1S/C11H14ClN5O2S/c1-17-7-14-16-11(17)6-15-20(18,19)10-4-8(5-13)2-3-9(10)12/h2-4,7,15H,5-6,13H2,1H3. The summed E-state index contributed by atoms with van der Waals surface area (Å²) in [5.74, 6) is 0.500. The van der Waals surface area contributed by atoms with Gasteiger partial charge in [-0.25, -0.2) is 13.1 Å². The molecule has 108 valence electrons. The minimum atomic E-state index is -3.73. The van der Waals surface area contributed by atoms with Crippen molar-refractivity contribution in [1.82, 2.24) is 19.5 Å². The van der Waals surface area contributed by atoms with Crippen molar-refractivity contribution in [1.29, 1.82) is 0 Å². The highest BCUT2D eigenvalue weighted by Crippen LogP contribution is 2.22. The zero-order valence-electron chi connectivity index (χ0n) is 10.7. The predicted octanol–water partition coefficient (Wildman–Crippen LogP) is 0.406. The quantitative estimate of drug-likeness (QED) is 0.831. The second kappa shape index (κ2) is 5.88. The lowest BCUT2D eigenvalue weighted by Crippen LogP contribution is -2.25. The van der Waals surface area contributed by atoms with Gasteiger partial charge in [0, 0.05) is 13.6 Å². The van der Waals surface area contributed by atoms with Crippen LogP contribution in [0.25, 0.3) is 0 Å². The van der Waals surface area contributed by atoms with Gasteiger partial charge in [0.1, 0.15) is 17.0 Å². The molecule has 9 heteroatoms. The zero-order chi connectivity index (χ0) is 14.8. The van der Waals surface area contributed by atoms with E-state index in [1.54, 1.807) is 17.7 Å². The van der Waals surface area contributed by atoms with Crippen molar-refractivity contribution >= 4 is 21.6 Å². The highest BCUT2D eigenvalue weighted by molar-refractivity contribution is 7.89. The summed E-state index contributed by atoms with van der Waals surface area (Å²) in [6.45, 7) is 0.269. The first-order valence-corrected chi connectivity index (χ1v) is 7.61. The SMILES string of the molecule is Cn1cnnc1CNS(=O)(=O)c1cc(CN)ccc1Cl. The first-order valence-electron chi connectivity index (χ1n) is 5.75. The Morgan fingerprint density at radius 2 is 2.20 bits per heavy atom. The topological polar surface area (TPSA) is 103 Å². The van der Waals surface area contributed by atoms with Gasteiger partial charge in [-0.15, -0.1) is 10.2 Å². The van der Waals surface area contributed by atoms with Crippen molar-refractivity contribution in [2.45, 2.75) is 18.0 Å². The Labute approximate surface area is 121 Å². The van der Waals surface area contributed by atoms with Gasteiger partial charge in [-0.2, -0.15) is 0 Å². The molecular weight excluding hydrogens is 302 g/mol. The summed E-state index contributed by atoms with van der Waals surface area (Å²) in [5.41, 5.74) is 6.19. The molecule has 0 atom stereocenters. The molecule has 1 aromatic heterocycles. The molecule has 2 aromatic rings. The Kier molecular flexibility index (Phi) is 4.39. The summed E-state index contributed by atoms with van der Waals surface area (Å²) in [4.78, 5) is 0.00397. The minimum absolute atomic E-state index is 0.00397. The van der Waals surface area contributed by atoms with Crippen LogP contribution in [0.15, 0.2) is 29.4 Å². The van der Waals surface area contributed by atoms with Crippen molar-refractivity contribution < 1.29 is 8.42 Å². The zero-order valence-corrected chi connectivity index (χ0v) is 12.3. The predicted molar refractivity (Wildman–Crippen MR) is 74.4 cm³/mol. The van der Waals surface area contributed by atoms with E-state index in [1.807, 2.05) is 0 Å². The highest BCUT2D eigenvalue weighted by Gasteiger charge is 2.19. The summed E-state index contributed by atoms with van der Waals surface area (Å²) in [7, 11) is -2.01. The lowest BCUT2D eigenvalue weighted by Gasteiger charge is -2.09. The van der Waals surface area contributed by atoms with Crippen LogP contribution < -0.4 is 10.5 Å². The van der Waals surface area contributed by atoms with Gasteiger partial charge >= 0.3 is 0 Å². The number of nitrogens with zero attached hydrogens (tertiary/aromatic N) is 3. The van der Waals surface area contributed by atoms with Gasteiger partial charge in [0.25, 0.3) is 0 Å². The molecule has 0 aliphatic rings. The van der Waals surface area contributed by atoms with Crippen molar-refractivity contribution in [3.63, 3.8) is 0 Å². The van der Waals surface area contributed by atoms with E-state index in [0.717, 1.165) is 0 Å². The van der Waals surface area contributed by atoms with Crippen molar-refractivity contribution in [3.05, 3.63) is 40.9 Å². The van der Waals surface area contributed by atoms with Crippen LogP contribution in [0.2, 0.25) is 5.02 Å². The van der Waals surface area contributed by atoms with E-state index >= 15 is 0 Å². The molecule has 0 spiro atoms. The fraction of sp³-hybridized carbons (Fsp3) is 0.273. The van der Waals surface area contributed by atoms with Crippen LogP contribution in [0.1, 0.15) is 11.4 Å². The van der Waals surface area contributed by atoms with E-state index < -0.39 is 10.0 Å². The third-order valence-corrected chi connectivity index (χ3v) is 4.63. The first-order chi connectivity index (χ1) is 9.44. The fourth-order valence-corrected chi connectivity index (χ4v) is 3.11. The largest absolute Gasteiger partial charge is 0.326 e. The van der Waals surface area contributed by atoms with Crippen LogP contribution in [0, 0.1) is 0 Å². The Hall–Kier alpha value is -1.48. The molecule has 0 fully saturated rings. The molecule has 0 radical (unpaired) electrons. The summed E-state index contributed by atoms with van der Waals surface area (Å²) >= 11 is 5.94. The fourth-order valence-electron chi connectivity index (χ4n) is 1.59. The number of hydrogen-bond acceptors (Lipinski definition) is 5. The second-order valence-electron chi connectivity index (χ2n) is 4.15. The smallest absolute Gasteiger partial charge is 0.242 e. The second-order valence-corrected chi connectivity index (χ2v) is 6.29. The highest BCUT2D eigenvalue weighted by atomic mass is 35.5. The third-order valence-electron chi connectivity index (χ3n) is 2.75. The Morgan fingerprint density at radius 3 is 2.80 bits per heavy atom. The molecule has 2 rings (SSSR count). The molecule has 3 N–H and O–H groups in total. The molecule has 0 saturated carbocycles. The van der Waals surface area contributed by atoms with E-state index in [0.29, 0.717) is 11.4 Å². The summed E-state index contributed by atoms with van der Waals surface area (Å²) in [6.07, 6.45) is 1.49. The van der Waals surface area contributed by atoms with Gasteiger partial charge in [0.15, 0.2) is 0 Å². The van der Waals surface area contributed by atoms with Gasteiger partial charge in [-0.3, -0.25) is 0 Å². The van der Waals surface area contributed by atoms with Gasteiger partial charge in [0.05, 0.1) is 11.6 Å². The molecule has 20 heavy (non-hydrogen) atoms. The van der Waals surface area contributed by atoms with Crippen LogP contribution in [0.5, 0.6) is 0 Å². The number of aryl methyl sites for hydroxylation is 1. The average Bonchev–Trinajstić information content (AvgIpc) is 2.82. The summed E-state index contributed by atoms with van der Waals surface area (Å²) < 4.78 is 28.5. The lowest BCUT2D eigenvalue weighted by atomic mass is 10.2. The van der Waals surface area contributed by atoms with Gasteiger partial charge < -0.3 is 10.3 Å². The maximum Gasteiger partial charge on any atom is 0.242 e. The Morgan fingerprint density at radius 1 is 1.45 bits per heavy atom. The van der Waals surface area contributed by atoms with Gasteiger partial charge in [-0.05, 0) is 17.7 Å². The maximum absolute atomic E-state index is 12.2. The van der Waals surface area contributed by atoms with Crippen LogP contribution in [0.4, 0.5) is 0 Å². The van der Waals surface area contributed by atoms with E-state index in [2.05, 4.69) is 14.9 Å². The number of rotatable bonds is 5. The number of nitrogens with two attached hydrogens (primary N) is 1. The molecule has 0 aliphatic carbocycles. The lowest BCUT2D eigenvalue weighted by molar-refractivity contribution is 0.577. The molecule has 0 bridgehead atoms. The van der Waals surface area contributed by atoms with Crippen LogP contribution in [0.3, 0.4) is 0 Å². The van der Waals surface area contributed by atoms with Crippen molar-refractivity contribution in [2.24, 2.45) is 12.8 Å². The number of benzene rings is 1. The van der Waals surface area contributed by atoms with Crippen LogP contribution in [-0.2, 0) is 30.2 Å². The number of nitrogens with one attached hydrogen (secondary N) is 1. The number of sulfonamides is 1. The third kappa shape index (κ3) is 3.15. The summed E-state index contributed by atoms with van der Waals surface area (Å²) in [5, 5.41) is 7.62. The molecule has 1 heterocycles. The molecule has 1 aromatic carbocycles. The monoisotopic (exact) mass is 315 g/mol. The van der Waals surface area contributed by atoms with Gasteiger partial charge in [0.2, 0.25) is 10.0 Å².